The number of carbonyl (C=O) groups excluding carboxylic acids is 2. The van der Waals surface area contributed by atoms with Gasteiger partial charge in [-0.3, -0.25) is 14.6 Å². The molecule has 1 saturated heterocycles. The van der Waals surface area contributed by atoms with Crippen molar-refractivity contribution in [3.05, 3.63) is 0 Å². The predicted molar refractivity (Wildman–Crippen MR) is 94.1 cm³/mol. The number of aliphatic hydroxyl groups is 1. The Hall–Kier alpha value is -2.40. The average Bonchev–Trinajstić information content (AvgIpc) is 3.08. The van der Waals surface area contributed by atoms with E-state index >= 15 is 0 Å². The Morgan fingerprint density at radius 2 is 2.00 bits per heavy atom. The Morgan fingerprint density at radius 3 is 2.50 bits per heavy atom. The molecule has 0 radical (unpaired) electrons. The van der Waals surface area contributed by atoms with Gasteiger partial charge in [-0.05, 0) is 39.2 Å². The Balaban J connectivity index is 2.62. The van der Waals surface area contributed by atoms with Crippen LogP contribution in [0.2, 0.25) is 0 Å². The number of guanidine groups is 1. The summed E-state index contributed by atoms with van der Waals surface area (Å²) in [6.45, 7) is 2.29. The number of carbonyl (C=O) groups is 3. The Morgan fingerprint density at radius 1 is 1.31 bits per heavy atom. The van der Waals surface area contributed by atoms with Crippen molar-refractivity contribution in [2.45, 2.75) is 56.8 Å². The highest BCUT2D eigenvalue weighted by molar-refractivity contribution is 5.92. The van der Waals surface area contributed by atoms with Crippen LogP contribution in [0.3, 0.4) is 0 Å². The topological polar surface area (TPSA) is 192 Å². The van der Waals surface area contributed by atoms with Gasteiger partial charge in [0.25, 0.3) is 0 Å². The first-order valence-corrected chi connectivity index (χ1v) is 8.52. The second kappa shape index (κ2) is 10.6. The summed E-state index contributed by atoms with van der Waals surface area (Å²) in [6.07, 6.45) is 0.745. The van der Waals surface area contributed by atoms with E-state index in [4.69, 9.17) is 11.5 Å². The molecule has 0 saturated carbocycles. The number of carboxylic acid groups (broad SMARTS) is 1. The molecule has 11 nitrogen and oxygen atoms in total. The van der Waals surface area contributed by atoms with E-state index in [2.05, 4.69) is 20.9 Å². The zero-order valence-corrected chi connectivity index (χ0v) is 14.8. The van der Waals surface area contributed by atoms with Gasteiger partial charge in [-0.1, -0.05) is 0 Å². The molecule has 0 aliphatic carbocycles. The summed E-state index contributed by atoms with van der Waals surface area (Å²) < 4.78 is 0. The molecule has 1 heterocycles. The predicted octanol–water partition coefficient (Wildman–Crippen LogP) is -2.77. The summed E-state index contributed by atoms with van der Waals surface area (Å²) in [5.41, 5.74) is 10.4. The number of amides is 2. The molecule has 9 N–H and O–H groups in total. The summed E-state index contributed by atoms with van der Waals surface area (Å²) in [7, 11) is 0. The van der Waals surface area contributed by atoms with Gasteiger partial charge in [0.15, 0.2) is 5.96 Å². The lowest BCUT2D eigenvalue weighted by molar-refractivity contribution is -0.143. The third kappa shape index (κ3) is 7.23. The number of aliphatic imine (C=N–C) groups is 1. The molecule has 1 aliphatic rings. The maximum absolute atomic E-state index is 12.4. The van der Waals surface area contributed by atoms with Crippen molar-refractivity contribution < 1.29 is 24.6 Å². The van der Waals surface area contributed by atoms with E-state index in [1.807, 2.05) is 0 Å². The zero-order valence-electron chi connectivity index (χ0n) is 14.8. The molecule has 148 valence electrons. The first-order valence-electron chi connectivity index (χ1n) is 8.52. The van der Waals surface area contributed by atoms with Crippen LogP contribution in [-0.4, -0.2) is 71.3 Å². The normalized spacial score (nSPS) is 19.8. The first kappa shape index (κ1) is 21.6. The number of hydrogen-bond acceptors (Lipinski definition) is 6. The van der Waals surface area contributed by atoms with Gasteiger partial charge in [-0.15, -0.1) is 0 Å². The monoisotopic (exact) mass is 372 g/mol. The van der Waals surface area contributed by atoms with E-state index in [1.54, 1.807) is 0 Å². The largest absolute Gasteiger partial charge is 0.480 e. The highest BCUT2D eigenvalue weighted by atomic mass is 16.4. The zero-order chi connectivity index (χ0) is 19.7. The van der Waals surface area contributed by atoms with E-state index < -0.39 is 42.0 Å². The van der Waals surface area contributed by atoms with Crippen LogP contribution >= 0.6 is 0 Å². The van der Waals surface area contributed by atoms with E-state index in [1.165, 1.54) is 6.92 Å². The van der Waals surface area contributed by atoms with Gasteiger partial charge in [-0.25, -0.2) is 4.79 Å². The number of nitrogens with one attached hydrogen (secondary N) is 3. The van der Waals surface area contributed by atoms with Crippen LogP contribution in [0.1, 0.15) is 32.6 Å². The van der Waals surface area contributed by atoms with Gasteiger partial charge in [-0.2, -0.15) is 0 Å². The fraction of sp³-hybridized carbons (Fsp3) is 0.733. The Kier molecular flexibility index (Phi) is 8.79. The van der Waals surface area contributed by atoms with Crippen molar-refractivity contribution in [2.24, 2.45) is 16.5 Å². The number of aliphatic hydroxyl groups excluding tert-OH is 1. The second-order valence-electron chi connectivity index (χ2n) is 6.22. The number of aliphatic carboxylic acids is 1. The molecule has 1 rings (SSSR count). The molecule has 11 heteroatoms. The first-order chi connectivity index (χ1) is 12.2. The van der Waals surface area contributed by atoms with Gasteiger partial charge in [0.1, 0.15) is 12.1 Å². The number of nitrogens with two attached hydrogens (primary N) is 2. The SMILES string of the molecule is CC(O)C(NC(=O)C1CCCN1)C(=O)NC(CCCN=C(N)N)C(=O)O. The van der Waals surface area contributed by atoms with E-state index in [-0.39, 0.29) is 18.9 Å². The minimum atomic E-state index is -1.25. The Bertz CT molecular complexity index is 529. The van der Waals surface area contributed by atoms with Gasteiger partial charge in [0.2, 0.25) is 11.8 Å². The third-order valence-corrected chi connectivity index (χ3v) is 4.00. The van der Waals surface area contributed by atoms with Crippen molar-refractivity contribution in [1.82, 2.24) is 16.0 Å². The molecule has 4 unspecified atom stereocenters. The number of rotatable bonds is 10. The minimum Gasteiger partial charge on any atom is -0.480 e. The minimum absolute atomic E-state index is 0.0988. The molecule has 4 atom stereocenters. The van der Waals surface area contributed by atoms with Gasteiger partial charge in [0, 0.05) is 6.54 Å². The quantitative estimate of drug-likeness (QED) is 0.122. The van der Waals surface area contributed by atoms with Crippen molar-refractivity contribution in [1.29, 1.82) is 0 Å². The van der Waals surface area contributed by atoms with Gasteiger partial charge >= 0.3 is 5.97 Å². The number of hydrogen-bond donors (Lipinski definition) is 7. The Labute approximate surface area is 151 Å². The van der Waals surface area contributed by atoms with Crippen LogP contribution in [0.5, 0.6) is 0 Å². The molecular weight excluding hydrogens is 344 g/mol. The van der Waals surface area contributed by atoms with Crippen LogP contribution in [0.15, 0.2) is 4.99 Å². The molecule has 0 aromatic carbocycles. The standard InChI is InChI=1S/C15H28N6O5/c1-8(22)11(21-12(23)9-4-2-6-18-9)13(24)20-10(14(25)26)5-3-7-19-15(16)17/h8-11,18,22H,2-7H2,1H3,(H,20,24)(H,21,23)(H,25,26)(H4,16,17,19). The summed E-state index contributed by atoms with van der Waals surface area (Å²) in [5.74, 6) is -2.49. The molecule has 2 amide bonds. The fourth-order valence-corrected chi connectivity index (χ4v) is 2.59. The van der Waals surface area contributed by atoms with Crippen LogP contribution in [0.25, 0.3) is 0 Å². The van der Waals surface area contributed by atoms with E-state index in [0.29, 0.717) is 19.4 Å². The lowest BCUT2D eigenvalue weighted by Gasteiger charge is -2.24. The maximum atomic E-state index is 12.4. The lowest BCUT2D eigenvalue weighted by atomic mass is 10.1. The number of nitrogens with zero attached hydrogens (tertiary/aromatic N) is 1. The highest BCUT2D eigenvalue weighted by Gasteiger charge is 2.32. The lowest BCUT2D eigenvalue weighted by Crippen LogP contribution is -2.58. The van der Waals surface area contributed by atoms with Crippen LogP contribution in [0, 0.1) is 0 Å². The summed E-state index contributed by atoms with van der Waals surface area (Å²) in [4.78, 5) is 39.6. The van der Waals surface area contributed by atoms with Gasteiger partial charge in [0.05, 0.1) is 12.1 Å². The summed E-state index contributed by atoms with van der Waals surface area (Å²) >= 11 is 0. The van der Waals surface area contributed by atoms with E-state index in [9.17, 15) is 24.6 Å². The molecule has 26 heavy (non-hydrogen) atoms. The molecule has 0 spiro atoms. The van der Waals surface area contributed by atoms with Crippen molar-refractivity contribution in [3.8, 4) is 0 Å². The molecule has 0 aromatic rings. The maximum Gasteiger partial charge on any atom is 0.326 e. The van der Waals surface area contributed by atoms with Gasteiger partial charge < -0.3 is 37.6 Å². The fourth-order valence-electron chi connectivity index (χ4n) is 2.59. The smallest absolute Gasteiger partial charge is 0.326 e. The highest BCUT2D eigenvalue weighted by Crippen LogP contribution is 2.06. The molecular formula is C15H28N6O5. The van der Waals surface area contributed by atoms with Crippen molar-refractivity contribution >= 4 is 23.7 Å². The number of carboxylic acids is 1. The summed E-state index contributed by atoms with van der Waals surface area (Å²) in [5, 5.41) is 26.9. The van der Waals surface area contributed by atoms with Crippen LogP contribution in [0.4, 0.5) is 0 Å². The molecule has 1 aliphatic heterocycles. The molecule has 0 aromatic heterocycles. The van der Waals surface area contributed by atoms with Crippen LogP contribution < -0.4 is 27.4 Å². The molecule has 0 bridgehead atoms. The molecule has 1 fully saturated rings. The van der Waals surface area contributed by atoms with Crippen LogP contribution in [-0.2, 0) is 14.4 Å². The second-order valence-corrected chi connectivity index (χ2v) is 6.22. The van der Waals surface area contributed by atoms with Crippen molar-refractivity contribution in [3.63, 3.8) is 0 Å². The van der Waals surface area contributed by atoms with E-state index in [0.717, 1.165) is 6.42 Å². The van der Waals surface area contributed by atoms with Crippen molar-refractivity contribution in [2.75, 3.05) is 13.1 Å². The average molecular weight is 372 g/mol. The third-order valence-electron chi connectivity index (χ3n) is 4.00. The summed E-state index contributed by atoms with van der Waals surface area (Å²) in [6, 6.07) is -2.84.